The zero-order valence-corrected chi connectivity index (χ0v) is 19.5. The Kier molecular flexibility index (Phi) is 6.95. The number of carbonyl (C=O) groups excluding carboxylic acids is 3. The van der Waals surface area contributed by atoms with E-state index < -0.39 is 41.1 Å². The van der Waals surface area contributed by atoms with E-state index in [1.165, 1.54) is 40.7 Å². The van der Waals surface area contributed by atoms with E-state index in [1.54, 1.807) is 0 Å². The smallest absolute Gasteiger partial charge is 0.352 e. The number of fused-ring (bicyclic) bond motifs is 1. The zero-order chi connectivity index (χ0) is 25.3. The summed E-state index contributed by atoms with van der Waals surface area (Å²) in [5.41, 5.74) is 11.9. The number of thioether (sulfide) groups is 2. The molecule has 16 heteroatoms. The summed E-state index contributed by atoms with van der Waals surface area (Å²) in [5.74, 6) is -2.60. The number of nitrogens with one attached hydrogen (secondary N) is 1. The molecular weight excluding hydrogens is 500 g/mol. The lowest BCUT2D eigenvalue weighted by Gasteiger charge is -2.49. The zero-order valence-electron chi connectivity index (χ0n) is 17.9. The van der Waals surface area contributed by atoms with Crippen LogP contribution in [-0.4, -0.2) is 81.9 Å². The van der Waals surface area contributed by atoms with Crippen LogP contribution >= 0.6 is 23.5 Å². The van der Waals surface area contributed by atoms with Gasteiger partial charge < -0.3 is 27.0 Å². The molecule has 0 bridgehead atoms. The molecule has 184 valence electrons. The van der Waals surface area contributed by atoms with Crippen LogP contribution in [0.4, 0.5) is 0 Å². The Morgan fingerprint density at radius 1 is 1.29 bits per heavy atom. The van der Waals surface area contributed by atoms with Gasteiger partial charge in [-0.2, -0.15) is 0 Å². The summed E-state index contributed by atoms with van der Waals surface area (Å²) in [7, 11) is 0. The molecule has 2 aliphatic heterocycles. The van der Waals surface area contributed by atoms with Gasteiger partial charge in [0.1, 0.15) is 35.4 Å². The fourth-order valence-corrected chi connectivity index (χ4v) is 5.93. The van der Waals surface area contributed by atoms with Crippen LogP contribution < -0.4 is 16.8 Å². The number of aromatic hydroxyl groups is 1. The molecule has 14 nitrogen and oxygen atoms in total. The van der Waals surface area contributed by atoms with Crippen molar-refractivity contribution in [3.63, 3.8) is 0 Å². The van der Waals surface area contributed by atoms with Gasteiger partial charge in [0, 0.05) is 11.5 Å². The number of phenols is 1. The summed E-state index contributed by atoms with van der Waals surface area (Å²) >= 11 is 2.42. The Bertz CT molecular complexity index is 1220. The van der Waals surface area contributed by atoms with E-state index in [2.05, 4.69) is 20.8 Å². The topological polar surface area (TPSA) is 220 Å². The molecule has 2 aromatic rings. The van der Waals surface area contributed by atoms with Crippen molar-refractivity contribution >= 4 is 47.2 Å². The average Bonchev–Trinajstić information content (AvgIpc) is 3.26. The summed E-state index contributed by atoms with van der Waals surface area (Å²) < 4.78 is 1.20. The predicted octanol–water partition coefficient (Wildman–Crippen LogP) is -1.61. The Labute approximate surface area is 206 Å². The van der Waals surface area contributed by atoms with Crippen LogP contribution in [0.1, 0.15) is 11.6 Å². The van der Waals surface area contributed by atoms with E-state index in [4.69, 9.17) is 11.5 Å². The summed E-state index contributed by atoms with van der Waals surface area (Å²) in [6.45, 7) is -0.227. The highest BCUT2D eigenvalue weighted by atomic mass is 32.2. The fraction of sp³-hybridized carbons (Fsp3) is 0.316. The summed E-state index contributed by atoms with van der Waals surface area (Å²) in [6, 6.07) is 3.79. The normalized spacial score (nSPS) is 20.1. The summed E-state index contributed by atoms with van der Waals surface area (Å²) in [6.07, 6.45) is 0. The predicted molar refractivity (Wildman–Crippen MR) is 122 cm³/mol. The number of benzene rings is 1. The number of carboxylic acids is 1. The van der Waals surface area contributed by atoms with Crippen molar-refractivity contribution in [3.8, 4) is 5.75 Å². The highest BCUT2D eigenvalue weighted by Crippen LogP contribution is 2.41. The molecule has 3 heterocycles. The molecule has 1 aromatic carbocycles. The van der Waals surface area contributed by atoms with Gasteiger partial charge in [-0.3, -0.25) is 19.3 Å². The van der Waals surface area contributed by atoms with Crippen molar-refractivity contribution in [2.75, 3.05) is 11.5 Å². The minimum Gasteiger partial charge on any atom is -0.508 e. The Balaban J connectivity index is 1.45. The number of tetrazole rings is 1. The van der Waals surface area contributed by atoms with Crippen LogP contribution in [0.25, 0.3) is 0 Å². The molecule has 2 aliphatic rings. The van der Waals surface area contributed by atoms with Crippen LogP contribution in [0.5, 0.6) is 5.75 Å². The SMILES string of the molecule is NC(=O)Cn1nnnc1SCC1=C(C(=O)O)N2C(=O)C(NC(=O)C(N)c3ccc(O)cc3)[C@H]2SC1. The van der Waals surface area contributed by atoms with Gasteiger partial charge in [0.25, 0.3) is 5.91 Å². The van der Waals surface area contributed by atoms with Gasteiger partial charge in [-0.15, -0.1) is 16.9 Å². The van der Waals surface area contributed by atoms with Crippen molar-refractivity contribution in [2.45, 2.75) is 29.2 Å². The number of aliphatic carboxylic acids is 1. The highest BCUT2D eigenvalue weighted by molar-refractivity contribution is 8.01. The second kappa shape index (κ2) is 9.93. The van der Waals surface area contributed by atoms with Crippen LogP contribution in [-0.2, 0) is 25.7 Å². The lowest BCUT2D eigenvalue weighted by Crippen LogP contribution is -2.71. The van der Waals surface area contributed by atoms with Crippen molar-refractivity contribution < 1.29 is 29.4 Å². The minimum atomic E-state index is -1.28. The maximum absolute atomic E-state index is 12.8. The molecule has 4 rings (SSSR count). The number of primary amides is 1. The monoisotopic (exact) mass is 520 g/mol. The van der Waals surface area contributed by atoms with Crippen LogP contribution in [0.2, 0.25) is 0 Å². The number of hydrogen-bond donors (Lipinski definition) is 5. The molecule has 3 amide bonds. The van der Waals surface area contributed by atoms with Crippen molar-refractivity contribution in [1.29, 1.82) is 0 Å². The average molecular weight is 521 g/mol. The van der Waals surface area contributed by atoms with E-state index >= 15 is 0 Å². The number of rotatable bonds is 9. The van der Waals surface area contributed by atoms with Gasteiger partial charge in [0.05, 0.1) is 0 Å². The van der Waals surface area contributed by atoms with Crippen molar-refractivity contribution in [2.24, 2.45) is 11.5 Å². The van der Waals surface area contributed by atoms with Gasteiger partial charge in [0.2, 0.25) is 17.0 Å². The molecule has 35 heavy (non-hydrogen) atoms. The number of carboxylic acid groups (broad SMARTS) is 1. The number of β-lactam (4-membered cyclic amide) rings is 1. The molecule has 7 N–H and O–H groups in total. The molecule has 1 fully saturated rings. The van der Waals surface area contributed by atoms with Crippen molar-refractivity contribution in [1.82, 2.24) is 30.4 Å². The van der Waals surface area contributed by atoms with Gasteiger partial charge in [-0.1, -0.05) is 23.9 Å². The first-order valence-corrected chi connectivity index (χ1v) is 12.1. The Morgan fingerprint density at radius 2 is 2.00 bits per heavy atom. The second-order valence-electron chi connectivity index (χ2n) is 7.60. The van der Waals surface area contributed by atoms with Crippen LogP contribution in [0.3, 0.4) is 0 Å². The molecule has 0 saturated carbocycles. The van der Waals surface area contributed by atoms with Crippen LogP contribution in [0, 0.1) is 0 Å². The first kappa shape index (κ1) is 24.5. The third-order valence-corrected chi connectivity index (χ3v) is 7.65. The van der Waals surface area contributed by atoms with E-state index in [0.29, 0.717) is 11.1 Å². The number of nitrogens with zero attached hydrogens (tertiary/aromatic N) is 5. The third kappa shape index (κ3) is 4.94. The molecule has 1 saturated heterocycles. The summed E-state index contributed by atoms with van der Waals surface area (Å²) in [5, 5.41) is 32.4. The highest BCUT2D eigenvalue weighted by Gasteiger charge is 2.54. The number of aromatic nitrogens is 4. The molecule has 1 aromatic heterocycles. The molecular formula is C19H20N8O6S2. The second-order valence-corrected chi connectivity index (χ2v) is 9.64. The lowest BCUT2D eigenvalue weighted by molar-refractivity contribution is -0.150. The van der Waals surface area contributed by atoms with Gasteiger partial charge in [-0.25, -0.2) is 9.48 Å². The molecule has 0 radical (unpaired) electrons. The summed E-state index contributed by atoms with van der Waals surface area (Å²) in [4.78, 5) is 49.8. The number of carbonyl (C=O) groups is 4. The first-order chi connectivity index (χ1) is 16.7. The van der Waals surface area contributed by atoms with E-state index in [-0.39, 0.29) is 34.7 Å². The van der Waals surface area contributed by atoms with E-state index in [9.17, 15) is 29.4 Å². The number of phenolic OH excluding ortho intramolecular Hbond substituents is 1. The maximum atomic E-state index is 12.8. The van der Waals surface area contributed by atoms with Crippen molar-refractivity contribution in [3.05, 3.63) is 41.1 Å². The Hall–Kier alpha value is -3.63. The van der Waals surface area contributed by atoms with Gasteiger partial charge in [-0.05, 0) is 33.7 Å². The first-order valence-electron chi connectivity index (χ1n) is 10.1. The quantitative estimate of drug-likeness (QED) is 0.186. The largest absolute Gasteiger partial charge is 0.508 e. The van der Waals surface area contributed by atoms with Gasteiger partial charge in [0.15, 0.2) is 0 Å². The van der Waals surface area contributed by atoms with Gasteiger partial charge >= 0.3 is 5.97 Å². The Morgan fingerprint density at radius 3 is 2.66 bits per heavy atom. The molecule has 2 unspecified atom stereocenters. The van der Waals surface area contributed by atoms with Crippen LogP contribution in [0.15, 0.2) is 40.7 Å². The standard InChI is InChI=1S/C19H20N8O6S2/c20-11(29)5-26-19(23-24-25-26)35-7-9-6-34-17-13(16(31)27(17)14(9)18(32)33)22-15(30)12(21)8-1-3-10(28)4-2-8/h1-4,12-13,17,28H,5-7,21H2,(H2,20,29)(H,22,30)(H,32,33)/t12?,13?,17-/m1/s1. The minimum absolute atomic E-state index is 0.0242. The van der Waals surface area contributed by atoms with E-state index in [0.717, 1.165) is 16.7 Å². The number of amides is 3. The van der Waals surface area contributed by atoms with E-state index in [1.807, 2.05) is 0 Å². The maximum Gasteiger partial charge on any atom is 0.352 e. The number of nitrogens with two attached hydrogens (primary N) is 2. The third-order valence-electron chi connectivity index (χ3n) is 5.26. The molecule has 0 spiro atoms. The molecule has 0 aliphatic carbocycles. The molecule has 3 atom stereocenters. The lowest BCUT2D eigenvalue weighted by atomic mass is 10.0. The number of hydrogen-bond acceptors (Lipinski definition) is 11. The fourth-order valence-electron chi connectivity index (χ4n) is 3.57.